The average Bonchev–Trinajstić information content (AvgIpc) is 3.15. The molecule has 4 nitrogen and oxygen atoms in total. The van der Waals surface area contributed by atoms with Crippen LogP contribution in [0.3, 0.4) is 0 Å². The van der Waals surface area contributed by atoms with Crippen molar-refractivity contribution in [1.29, 1.82) is 0 Å². The number of halogens is 1. The molecule has 0 atom stereocenters. The summed E-state index contributed by atoms with van der Waals surface area (Å²) in [5.74, 6) is 1.52. The maximum absolute atomic E-state index is 6.39. The molecule has 0 aliphatic rings. The van der Waals surface area contributed by atoms with E-state index >= 15 is 0 Å². The maximum atomic E-state index is 6.39. The molecule has 3 aromatic carbocycles. The van der Waals surface area contributed by atoms with Crippen molar-refractivity contribution in [2.75, 3.05) is 20.8 Å². The first-order chi connectivity index (χ1) is 15.2. The predicted octanol–water partition coefficient (Wildman–Crippen LogP) is 5.69. The highest BCUT2D eigenvalue weighted by Gasteiger charge is 2.10. The zero-order valence-corrected chi connectivity index (χ0v) is 18.7. The number of hydrogen-bond donors (Lipinski definition) is 1. The van der Waals surface area contributed by atoms with Crippen LogP contribution in [0, 0.1) is 0 Å². The number of nitrogens with one attached hydrogen (secondary N) is 1. The number of hydrogen-bond acceptors (Lipinski definition) is 3. The van der Waals surface area contributed by atoms with Crippen molar-refractivity contribution in [2.24, 2.45) is 0 Å². The lowest BCUT2D eigenvalue weighted by molar-refractivity contribution is 0.354. The summed E-state index contributed by atoms with van der Waals surface area (Å²) in [6.45, 7) is 2.44. The van der Waals surface area contributed by atoms with Crippen molar-refractivity contribution >= 4 is 22.5 Å². The van der Waals surface area contributed by atoms with E-state index in [2.05, 4.69) is 52.5 Å². The number of para-hydroxylation sites is 1. The molecule has 0 aliphatic heterocycles. The Morgan fingerprint density at radius 3 is 2.45 bits per heavy atom. The van der Waals surface area contributed by atoms with Gasteiger partial charge in [0.25, 0.3) is 0 Å². The quantitative estimate of drug-likeness (QED) is 0.343. The van der Waals surface area contributed by atoms with Gasteiger partial charge in [0.1, 0.15) is 0 Å². The molecule has 4 rings (SSSR count). The van der Waals surface area contributed by atoms with Crippen LogP contribution in [0.1, 0.15) is 16.7 Å². The van der Waals surface area contributed by atoms with Gasteiger partial charge in [-0.3, -0.25) is 0 Å². The number of ether oxygens (including phenoxy) is 2. The van der Waals surface area contributed by atoms with Gasteiger partial charge in [-0.2, -0.15) is 0 Å². The Labute approximate surface area is 188 Å². The van der Waals surface area contributed by atoms with Crippen LogP contribution in [0.5, 0.6) is 11.5 Å². The lowest BCUT2D eigenvalue weighted by Gasteiger charge is -2.10. The molecule has 0 radical (unpaired) electrons. The van der Waals surface area contributed by atoms with Gasteiger partial charge in [0.05, 0.1) is 14.2 Å². The molecule has 1 heterocycles. The third-order valence-corrected chi connectivity index (χ3v) is 5.89. The van der Waals surface area contributed by atoms with Crippen molar-refractivity contribution in [3.63, 3.8) is 0 Å². The fourth-order valence-corrected chi connectivity index (χ4v) is 4.09. The molecule has 0 unspecified atom stereocenters. The third kappa shape index (κ3) is 4.87. The van der Waals surface area contributed by atoms with E-state index in [9.17, 15) is 0 Å². The summed E-state index contributed by atoms with van der Waals surface area (Å²) in [6, 6.07) is 22.6. The van der Waals surface area contributed by atoms with E-state index in [0.29, 0.717) is 0 Å². The summed E-state index contributed by atoms with van der Waals surface area (Å²) in [5.41, 5.74) is 4.85. The van der Waals surface area contributed by atoms with Gasteiger partial charge in [0, 0.05) is 35.2 Å². The molecule has 5 heteroatoms. The van der Waals surface area contributed by atoms with Gasteiger partial charge in [-0.15, -0.1) is 0 Å². The standard InChI is InChI=1S/C26H27ClN2O2/c1-30-25-12-11-19(15-26(25)31-2)13-14-28-16-21-18-29(24-10-6-4-8-22(21)24)17-20-7-3-5-9-23(20)27/h3-12,15,18,28H,13-14,16-17H2,1-2H3. The van der Waals surface area contributed by atoms with Crippen molar-refractivity contribution in [1.82, 2.24) is 9.88 Å². The largest absolute Gasteiger partial charge is 0.493 e. The first-order valence-corrected chi connectivity index (χ1v) is 10.8. The fourth-order valence-electron chi connectivity index (χ4n) is 3.90. The molecule has 0 bridgehead atoms. The van der Waals surface area contributed by atoms with E-state index in [1.54, 1.807) is 14.2 Å². The number of benzene rings is 3. The van der Waals surface area contributed by atoms with E-state index in [0.717, 1.165) is 48.1 Å². The van der Waals surface area contributed by atoms with Gasteiger partial charge in [0.15, 0.2) is 11.5 Å². The summed E-state index contributed by atoms with van der Waals surface area (Å²) in [7, 11) is 3.32. The van der Waals surface area contributed by atoms with Gasteiger partial charge in [-0.05, 0) is 53.9 Å². The summed E-state index contributed by atoms with van der Waals surface area (Å²) in [6.07, 6.45) is 3.15. The summed E-state index contributed by atoms with van der Waals surface area (Å²) in [4.78, 5) is 0. The van der Waals surface area contributed by atoms with Gasteiger partial charge >= 0.3 is 0 Å². The van der Waals surface area contributed by atoms with E-state index in [1.165, 1.54) is 22.0 Å². The fraction of sp³-hybridized carbons (Fsp3) is 0.231. The van der Waals surface area contributed by atoms with Crippen molar-refractivity contribution in [3.05, 3.63) is 94.6 Å². The molecular weight excluding hydrogens is 408 g/mol. The Morgan fingerprint density at radius 1 is 0.871 bits per heavy atom. The number of rotatable bonds is 9. The molecular formula is C26H27ClN2O2. The molecule has 0 saturated carbocycles. The molecule has 1 N–H and O–H groups in total. The summed E-state index contributed by atoms with van der Waals surface area (Å²) in [5, 5.41) is 5.66. The maximum Gasteiger partial charge on any atom is 0.160 e. The van der Waals surface area contributed by atoms with Gasteiger partial charge < -0.3 is 19.4 Å². The summed E-state index contributed by atoms with van der Waals surface area (Å²) >= 11 is 6.39. The lowest BCUT2D eigenvalue weighted by atomic mass is 10.1. The topological polar surface area (TPSA) is 35.4 Å². The van der Waals surface area contributed by atoms with Crippen LogP contribution in [-0.4, -0.2) is 25.3 Å². The monoisotopic (exact) mass is 434 g/mol. The molecule has 1 aromatic heterocycles. The van der Waals surface area contributed by atoms with Gasteiger partial charge in [-0.25, -0.2) is 0 Å². The second-order valence-electron chi connectivity index (χ2n) is 7.51. The van der Waals surface area contributed by atoms with Crippen molar-refractivity contribution in [2.45, 2.75) is 19.5 Å². The smallest absolute Gasteiger partial charge is 0.160 e. The minimum absolute atomic E-state index is 0.755. The highest BCUT2D eigenvalue weighted by atomic mass is 35.5. The van der Waals surface area contributed by atoms with Gasteiger partial charge in [0.2, 0.25) is 0 Å². The van der Waals surface area contributed by atoms with Crippen LogP contribution < -0.4 is 14.8 Å². The minimum atomic E-state index is 0.755. The zero-order valence-electron chi connectivity index (χ0n) is 17.9. The Bertz CT molecular complexity index is 1170. The zero-order chi connectivity index (χ0) is 21.6. The molecule has 4 aromatic rings. The van der Waals surface area contributed by atoms with Gasteiger partial charge in [-0.1, -0.05) is 54.1 Å². The van der Waals surface area contributed by atoms with E-state index in [-0.39, 0.29) is 0 Å². The Kier molecular flexibility index (Phi) is 6.80. The molecule has 31 heavy (non-hydrogen) atoms. The van der Waals surface area contributed by atoms with Crippen LogP contribution in [0.4, 0.5) is 0 Å². The normalized spacial score (nSPS) is 11.1. The second-order valence-corrected chi connectivity index (χ2v) is 7.91. The Morgan fingerprint density at radius 2 is 1.65 bits per heavy atom. The summed E-state index contributed by atoms with van der Waals surface area (Å²) < 4.78 is 13.0. The first kappa shape index (κ1) is 21.3. The van der Waals surface area contributed by atoms with Crippen LogP contribution in [-0.2, 0) is 19.5 Å². The third-order valence-electron chi connectivity index (χ3n) is 5.52. The van der Waals surface area contributed by atoms with E-state index < -0.39 is 0 Å². The first-order valence-electron chi connectivity index (χ1n) is 10.4. The van der Waals surface area contributed by atoms with Crippen LogP contribution in [0.2, 0.25) is 5.02 Å². The molecule has 160 valence electrons. The average molecular weight is 435 g/mol. The molecule has 0 saturated heterocycles. The van der Waals surface area contributed by atoms with Crippen molar-refractivity contribution < 1.29 is 9.47 Å². The number of nitrogens with zero attached hydrogens (tertiary/aromatic N) is 1. The number of methoxy groups -OCH3 is 2. The lowest BCUT2D eigenvalue weighted by Crippen LogP contribution is -2.16. The van der Waals surface area contributed by atoms with Crippen LogP contribution >= 0.6 is 11.6 Å². The molecule has 0 amide bonds. The Hall–Kier alpha value is -2.95. The van der Waals surface area contributed by atoms with E-state index in [1.807, 2.05) is 30.3 Å². The SMILES string of the molecule is COc1ccc(CCNCc2cn(Cc3ccccc3Cl)c3ccccc23)cc1OC. The second kappa shape index (κ2) is 9.90. The number of fused-ring (bicyclic) bond motifs is 1. The Balaban J connectivity index is 1.44. The van der Waals surface area contributed by atoms with E-state index in [4.69, 9.17) is 21.1 Å². The highest BCUT2D eigenvalue weighted by Crippen LogP contribution is 2.28. The molecule has 0 spiro atoms. The van der Waals surface area contributed by atoms with Crippen LogP contribution in [0.25, 0.3) is 10.9 Å². The molecule has 0 fully saturated rings. The predicted molar refractivity (Wildman–Crippen MR) is 127 cm³/mol. The molecule has 0 aliphatic carbocycles. The highest BCUT2D eigenvalue weighted by molar-refractivity contribution is 6.31. The minimum Gasteiger partial charge on any atom is -0.493 e. The van der Waals surface area contributed by atoms with Crippen LogP contribution in [0.15, 0.2) is 72.9 Å². The van der Waals surface area contributed by atoms with Crippen molar-refractivity contribution in [3.8, 4) is 11.5 Å². The number of aromatic nitrogens is 1.